The molecule has 0 radical (unpaired) electrons. The molecular weight excluding hydrogens is 264 g/mol. The van der Waals surface area contributed by atoms with E-state index in [1.54, 1.807) is 0 Å². The highest BCUT2D eigenvalue weighted by Crippen LogP contribution is 2.29. The quantitative estimate of drug-likeness (QED) is 0.877. The summed E-state index contributed by atoms with van der Waals surface area (Å²) in [5, 5.41) is 13.3. The first kappa shape index (κ1) is 17.9. The van der Waals surface area contributed by atoms with Crippen molar-refractivity contribution in [2.75, 3.05) is 13.2 Å². The lowest BCUT2D eigenvalue weighted by Crippen LogP contribution is -2.42. The van der Waals surface area contributed by atoms with Crippen LogP contribution in [0.15, 0.2) is 12.1 Å². The Morgan fingerprint density at radius 1 is 1.19 bits per heavy atom. The monoisotopic (exact) mass is 294 g/mol. The first-order valence-electron chi connectivity index (χ1n) is 7.53. The van der Waals surface area contributed by atoms with Gasteiger partial charge in [0.2, 0.25) is 0 Å². The number of hydrogen-bond acceptors (Lipinski definition) is 4. The van der Waals surface area contributed by atoms with Crippen LogP contribution in [0.5, 0.6) is 5.75 Å². The second-order valence-corrected chi connectivity index (χ2v) is 7.65. The van der Waals surface area contributed by atoms with Crippen molar-refractivity contribution in [3.63, 3.8) is 0 Å². The average Bonchev–Trinajstić information content (AvgIpc) is 2.32. The molecule has 1 aromatic heterocycles. The number of aliphatic hydroxyl groups is 1. The molecule has 0 saturated heterocycles. The molecule has 4 heteroatoms. The predicted octanol–water partition coefficient (Wildman–Crippen LogP) is 2.82. The number of nitrogens with zero attached hydrogens (tertiary/aromatic N) is 1. The minimum absolute atomic E-state index is 0.0109. The summed E-state index contributed by atoms with van der Waals surface area (Å²) in [6.45, 7) is 15.3. The number of hydrogen-bond donors (Lipinski definition) is 2. The van der Waals surface area contributed by atoms with E-state index >= 15 is 0 Å². The van der Waals surface area contributed by atoms with Gasteiger partial charge in [0.1, 0.15) is 18.5 Å². The molecule has 0 aliphatic heterocycles. The molecule has 0 spiro atoms. The molecule has 0 aromatic carbocycles. The third-order valence-corrected chi connectivity index (χ3v) is 3.01. The van der Waals surface area contributed by atoms with Crippen LogP contribution >= 0.6 is 0 Å². The summed E-state index contributed by atoms with van der Waals surface area (Å²) < 4.78 is 5.79. The summed E-state index contributed by atoms with van der Waals surface area (Å²) in [6, 6.07) is 3.87. The van der Waals surface area contributed by atoms with Gasteiger partial charge in [-0.25, -0.2) is 0 Å². The molecule has 0 aliphatic rings. The molecule has 4 nitrogen and oxygen atoms in total. The molecule has 0 unspecified atom stereocenters. The van der Waals surface area contributed by atoms with E-state index in [2.05, 4.69) is 51.8 Å². The van der Waals surface area contributed by atoms with Gasteiger partial charge in [0, 0.05) is 23.2 Å². The topological polar surface area (TPSA) is 54.4 Å². The van der Waals surface area contributed by atoms with E-state index in [0.29, 0.717) is 6.54 Å². The van der Waals surface area contributed by atoms with Crippen LogP contribution in [-0.4, -0.2) is 34.9 Å². The van der Waals surface area contributed by atoms with Crippen molar-refractivity contribution in [2.24, 2.45) is 0 Å². The Kier molecular flexibility index (Phi) is 5.76. The van der Waals surface area contributed by atoms with Gasteiger partial charge in [0.05, 0.1) is 5.69 Å². The molecule has 1 rings (SSSR count). The van der Waals surface area contributed by atoms with E-state index in [4.69, 9.17) is 4.74 Å². The number of ether oxygens (including phenoxy) is 1. The first-order valence-corrected chi connectivity index (χ1v) is 7.53. The number of rotatable bonds is 5. The van der Waals surface area contributed by atoms with Crippen LogP contribution in [0.3, 0.4) is 0 Å². The van der Waals surface area contributed by atoms with E-state index in [0.717, 1.165) is 17.1 Å². The average molecular weight is 294 g/mol. The highest BCUT2D eigenvalue weighted by Gasteiger charge is 2.22. The fourth-order valence-electron chi connectivity index (χ4n) is 1.87. The maximum absolute atomic E-state index is 10.0. The maximum atomic E-state index is 10.0. The third-order valence-electron chi connectivity index (χ3n) is 3.01. The number of aliphatic hydroxyl groups excluding tert-OH is 1. The standard InChI is InChI=1S/C17H30N2O2/c1-12-8-9-14(15(19-12)16(2,3)4)21-11-13(20)10-18-17(5,6)7/h8-9,13,18,20H,10-11H2,1-7H3/t13-/m0/s1. The zero-order valence-corrected chi connectivity index (χ0v) is 14.4. The van der Waals surface area contributed by atoms with E-state index in [1.807, 2.05) is 19.1 Å². The molecule has 0 bridgehead atoms. The number of nitrogens with one attached hydrogen (secondary N) is 1. The number of aryl methyl sites for hydroxylation is 1. The Bertz CT molecular complexity index is 459. The van der Waals surface area contributed by atoms with Gasteiger partial charge in [0.15, 0.2) is 0 Å². The SMILES string of the molecule is Cc1ccc(OC[C@@H](O)CNC(C)(C)C)c(C(C)(C)C)n1. The van der Waals surface area contributed by atoms with E-state index in [1.165, 1.54) is 0 Å². The first-order chi connectivity index (χ1) is 9.49. The molecular formula is C17H30N2O2. The molecule has 0 aliphatic carbocycles. The largest absolute Gasteiger partial charge is 0.489 e. The number of β-amino-alcohol motifs (C(OH)–C–C–N with tert-alkyl or cyclic N) is 1. The highest BCUT2D eigenvalue weighted by atomic mass is 16.5. The van der Waals surface area contributed by atoms with Crippen molar-refractivity contribution in [1.82, 2.24) is 10.3 Å². The molecule has 1 aromatic rings. The molecule has 0 amide bonds. The van der Waals surface area contributed by atoms with Crippen LogP contribution in [0, 0.1) is 6.92 Å². The maximum Gasteiger partial charge on any atom is 0.141 e. The van der Waals surface area contributed by atoms with Crippen LogP contribution in [0.25, 0.3) is 0 Å². The minimum Gasteiger partial charge on any atom is -0.489 e. The molecule has 21 heavy (non-hydrogen) atoms. The van der Waals surface area contributed by atoms with Crippen LogP contribution in [0.4, 0.5) is 0 Å². The van der Waals surface area contributed by atoms with E-state index in [-0.39, 0.29) is 17.6 Å². The Morgan fingerprint density at radius 2 is 1.81 bits per heavy atom. The van der Waals surface area contributed by atoms with Gasteiger partial charge in [-0.3, -0.25) is 4.98 Å². The number of aromatic nitrogens is 1. The third kappa shape index (κ3) is 6.44. The lowest BCUT2D eigenvalue weighted by atomic mass is 9.91. The van der Waals surface area contributed by atoms with Crippen molar-refractivity contribution < 1.29 is 9.84 Å². The Morgan fingerprint density at radius 3 is 2.33 bits per heavy atom. The molecule has 2 N–H and O–H groups in total. The van der Waals surface area contributed by atoms with Gasteiger partial charge in [-0.1, -0.05) is 20.8 Å². The van der Waals surface area contributed by atoms with Gasteiger partial charge >= 0.3 is 0 Å². The summed E-state index contributed by atoms with van der Waals surface area (Å²) in [7, 11) is 0. The molecule has 1 heterocycles. The van der Waals surface area contributed by atoms with Crippen LogP contribution in [-0.2, 0) is 5.41 Å². The smallest absolute Gasteiger partial charge is 0.141 e. The summed E-state index contributed by atoms with van der Waals surface area (Å²) in [6.07, 6.45) is -0.543. The summed E-state index contributed by atoms with van der Waals surface area (Å²) in [4.78, 5) is 4.59. The van der Waals surface area contributed by atoms with Crippen molar-refractivity contribution in [2.45, 2.75) is 65.5 Å². The van der Waals surface area contributed by atoms with Crippen LogP contribution in [0.1, 0.15) is 52.9 Å². The summed E-state index contributed by atoms with van der Waals surface area (Å²) in [5.74, 6) is 0.753. The Hall–Kier alpha value is -1.13. The van der Waals surface area contributed by atoms with Gasteiger partial charge in [-0.05, 0) is 39.8 Å². The van der Waals surface area contributed by atoms with Gasteiger partial charge in [-0.15, -0.1) is 0 Å². The van der Waals surface area contributed by atoms with Gasteiger partial charge < -0.3 is 15.2 Å². The number of pyridine rings is 1. The van der Waals surface area contributed by atoms with Crippen molar-refractivity contribution in [3.05, 3.63) is 23.5 Å². The zero-order valence-electron chi connectivity index (χ0n) is 14.4. The lowest BCUT2D eigenvalue weighted by Gasteiger charge is -2.25. The van der Waals surface area contributed by atoms with Crippen LogP contribution in [0.2, 0.25) is 0 Å². The molecule has 0 fully saturated rings. The molecule has 0 saturated carbocycles. The molecule has 120 valence electrons. The summed E-state index contributed by atoms with van der Waals surface area (Å²) >= 11 is 0. The lowest BCUT2D eigenvalue weighted by molar-refractivity contribution is 0.0987. The minimum atomic E-state index is -0.543. The van der Waals surface area contributed by atoms with Gasteiger partial charge in [0.25, 0.3) is 0 Å². The Labute approximate surface area is 128 Å². The van der Waals surface area contributed by atoms with Crippen LogP contribution < -0.4 is 10.1 Å². The van der Waals surface area contributed by atoms with E-state index in [9.17, 15) is 5.11 Å². The second kappa shape index (κ2) is 6.75. The zero-order chi connectivity index (χ0) is 16.3. The highest BCUT2D eigenvalue weighted by molar-refractivity contribution is 5.34. The van der Waals surface area contributed by atoms with E-state index < -0.39 is 6.10 Å². The van der Waals surface area contributed by atoms with Crippen molar-refractivity contribution in [3.8, 4) is 5.75 Å². The summed E-state index contributed by atoms with van der Waals surface area (Å²) in [5.41, 5.74) is 1.81. The van der Waals surface area contributed by atoms with Crippen molar-refractivity contribution in [1.29, 1.82) is 0 Å². The van der Waals surface area contributed by atoms with Gasteiger partial charge in [-0.2, -0.15) is 0 Å². The normalized spacial score (nSPS) is 14.1. The van der Waals surface area contributed by atoms with Crippen molar-refractivity contribution >= 4 is 0 Å². The fourth-order valence-corrected chi connectivity index (χ4v) is 1.87. The fraction of sp³-hybridized carbons (Fsp3) is 0.706. The molecule has 1 atom stereocenters. The Balaban J connectivity index is 2.67. The predicted molar refractivity (Wildman–Crippen MR) is 86.9 cm³/mol. The second-order valence-electron chi connectivity index (χ2n) is 7.65.